The number of carbonyl (C=O) groups is 1. The number of oxazole rings is 1. The average molecular weight is 352 g/mol. The Hall–Kier alpha value is -2.87. The van der Waals surface area contributed by atoms with Crippen molar-refractivity contribution in [1.29, 1.82) is 0 Å². The summed E-state index contributed by atoms with van der Waals surface area (Å²) < 4.78 is 5.84. The molecular formula is C18H20N6O2. The van der Waals surface area contributed by atoms with Crippen LogP contribution < -0.4 is 10.2 Å². The molecule has 1 saturated heterocycles. The fraction of sp³-hybridized carbons (Fsp3) is 0.389. The van der Waals surface area contributed by atoms with Gasteiger partial charge in [0.1, 0.15) is 5.52 Å². The highest BCUT2D eigenvalue weighted by Gasteiger charge is 2.29. The maximum atomic E-state index is 12.9. The number of benzene rings is 1. The van der Waals surface area contributed by atoms with E-state index in [0.717, 1.165) is 35.3 Å². The second-order valence-electron chi connectivity index (χ2n) is 6.70. The van der Waals surface area contributed by atoms with Gasteiger partial charge in [-0.3, -0.25) is 9.89 Å². The molecule has 1 fully saturated rings. The molecule has 8 heteroatoms. The van der Waals surface area contributed by atoms with Crippen LogP contribution in [-0.4, -0.2) is 58.7 Å². The van der Waals surface area contributed by atoms with Crippen LogP contribution in [0.15, 0.2) is 28.7 Å². The molecule has 1 aromatic carbocycles. The van der Waals surface area contributed by atoms with Gasteiger partial charge in [-0.15, -0.1) is 0 Å². The SMILES string of the molecule is O=C(c1n[nH]c2c1CNCC2)N1CCN(c2nc3ccccc3o2)CC1. The largest absolute Gasteiger partial charge is 0.423 e. The van der Waals surface area contributed by atoms with Crippen molar-refractivity contribution in [2.75, 3.05) is 37.6 Å². The van der Waals surface area contributed by atoms with Crippen LogP contribution in [0, 0.1) is 0 Å². The number of amides is 1. The topological polar surface area (TPSA) is 90.3 Å². The zero-order chi connectivity index (χ0) is 17.5. The van der Waals surface area contributed by atoms with Gasteiger partial charge in [0.05, 0.1) is 0 Å². The van der Waals surface area contributed by atoms with Crippen LogP contribution in [0.3, 0.4) is 0 Å². The number of carbonyl (C=O) groups excluding carboxylic acids is 1. The summed E-state index contributed by atoms with van der Waals surface area (Å²) >= 11 is 0. The van der Waals surface area contributed by atoms with Gasteiger partial charge in [-0.1, -0.05) is 12.1 Å². The number of nitrogens with one attached hydrogen (secondary N) is 2. The molecule has 8 nitrogen and oxygen atoms in total. The number of nitrogens with zero attached hydrogens (tertiary/aromatic N) is 4. The zero-order valence-corrected chi connectivity index (χ0v) is 14.4. The lowest BCUT2D eigenvalue weighted by molar-refractivity contribution is 0.0737. The van der Waals surface area contributed by atoms with Crippen LogP contribution in [0.4, 0.5) is 6.01 Å². The summed E-state index contributed by atoms with van der Waals surface area (Å²) in [6, 6.07) is 8.37. The Morgan fingerprint density at radius 3 is 2.85 bits per heavy atom. The predicted molar refractivity (Wildman–Crippen MR) is 96.1 cm³/mol. The predicted octanol–water partition coefficient (Wildman–Crippen LogP) is 1.16. The number of hydrogen-bond acceptors (Lipinski definition) is 6. The molecule has 0 unspecified atom stereocenters. The summed E-state index contributed by atoms with van der Waals surface area (Å²) in [5.74, 6) is 0.00316. The van der Waals surface area contributed by atoms with E-state index in [4.69, 9.17) is 4.42 Å². The van der Waals surface area contributed by atoms with E-state index in [9.17, 15) is 4.79 Å². The smallest absolute Gasteiger partial charge is 0.298 e. The van der Waals surface area contributed by atoms with Gasteiger partial charge in [0.25, 0.3) is 11.9 Å². The number of rotatable bonds is 2. The number of aromatic amines is 1. The van der Waals surface area contributed by atoms with E-state index in [2.05, 4.69) is 25.4 Å². The fourth-order valence-corrected chi connectivity index (χ4v) is 3.65. The Labute approximate surface area is 150 Å². The molecule has 0 atom stereocenters. The molecule has 0 radical (unpaired) electrons. The van der Waals surface area contributed by atoms with Crippen molar-refractivity contribution in [3.63, 3.8) is 0 Å². The first kappa shape index (κ1) is 15.4. The lowest BCUT2D eigenvalue weighted by atomic mass is 10.1. The summed E-state index contributed by atoms with van der Waals surface area (Å²) in [6.07, 6.45) is 0.890. The zero-order valence-electron chi connectivity index (χ0n) is 14.4. The number of hydrogen-bond donors (Lipinski definition) is 2. The van der Waals surface area contributed by atoms with E-state index in [1.54, 1.807) is 0 Å². The highest BCUT2D eigenvalue weighted by molar-refractivity contribution is 5.94. The highest BCUT2D eigenvalue weighted by atomic mass is 16.4. The van der Waals surface area contributed by atoms with Crippen LogP contribution in [0.1, 0.15) is 21.7 Å². The molecule has 0 saturated carbocycles. The summed E-state index contributed by atoms with van der Waals surface area (Å²) in [5.41, 5.74) is 4.30. The maximum absolute atomic E-state index is 12.9. The second kappa shape index (κ2) is 6.14. The number of H-pyrrole nitrogens is 1. The van der Waals surface area contributed by atoms with Gasteiger partial charge >= 0.3 is 0 Å². The van der Waals surface area contributed by atoms with Crippen molar-refractivity contribution in [2.24, 2.45) is 0 Å². The molecule has 2 N–H and O–H groups in total. The summed E-state index contributed by atoms with van der Waals surface area (Å²) in [5, 5.41) is 10.6. The Morgan fingerprint density at radius 1 is 1.15 bits per heavy atom. The lowest BCUT2D eigenvalue weighted by Gasteiger charge is -2.33. The molecule has 0 spiro atoms. The van der Waals surface area contributed by atoms with Crippen LogP contribution >= 0.6 is 0 Å². The maximum Gasteiger partial charge on any atom is 0.298 e. The fourth-order valence-electron chi connectivity index (χ4n) is 3.65. The minimum absolute atomic E-state index is 0.00316. The van der Waals surface area contributed by atoms with Gasteiger partial charge < -0.3 is 19.5 Å². The summed E-state index contributed by atoms with van der Waals surface area (Å²) in [4.78, 5) is 21.4. The van der Waals surface area contributed by atoms with E-state index >= 15 is 0 Å². The third-order valence-corrected chi connectivity index (χ3v) is 5.13. The van der Waals surface area contributed by atoms with Gasteiger partial charge in [-0.25, -0.2) is 0 Å². The third-order valence-electron chi connectivity index (χ3n) is 5.13. The van der Waals surface area contributed by atoms with Gasteiger partial charge in [-0.05, 0) is 12.1 Å². The first-order chi connectivity index (χ1) is 12.8. The lowest BCUT2D eigenvalue weighted by Crippen LogP contribution is -2.49. The quantitative estimate of drug-likeness (QED) is 0.719. The third kappa shape index (κ3) is 2.53. The average Bonchev–Trinajstić information content (AvgIpc) is 3.32. The van der Waals surface area contributed by atoms with Crippen molar-refractivity contribution in [3.8, 4) is 0 Å². The van der Waals surface area contributed by atoms with Crippen LogP contribution in [0.2, 0.25) is 0 Å². The van der Waals surface area contributed by atoms with E-state index in [0.29, 0.717) is 44.4 Å². The minimum atomic E-state index is 0.00316. The number of fused-ring (bicyclic) bond motifs is 2. The Bertz CT molecular complexity index is 921. The highest BCUT2D eigenvalue weighted by Crippen LogP contribution is 2.23. The van der Waals surface area contributed by atoms with Crippen molar-refractivity contribution in [3.05, 3.63) is 41.2 Å². The van der Waals surface area contributed by atoms with E-state index in [1.807, 2.05) is 29.2 Å². The standard InChI is InChI=1S/C18H20N6O2/c25-17(16-12-11-19-6-5-13(12)21-22-16)23-7-9-24(10-8-23)18-20-14-3-1-2-4-15(14)26-18/h1-4,19H,5-11H2,(H,21,22). The van der Waals surface area contributed by atoms with Crippen molar-refractivity contribution in [2.45, 2.75) is 13.0 Å². The number of para-hydroxylation sites is 2. The Kier molecular flexibility index (Phi) is 3.63. The van der Waals surface area contributed by atoms with Crippen molar-refractivity contribution >= 4 is 23.0 Å². The number of anilines is 1. The molecule has 4 heterocycles. The van der Waals surface area contributed by atoms with Gasteiger partial charge in [0.2, 0.25) is 0 Å². The molecule has 3 aromatic rings. The molecule has 2 aromatic heterocycles. The van der Waals surface area contributed by atoms with Crippen LogP contribution in [0.25, 0.3) is 11.1 Å². The first-order valence-corrected chi connectivity index (χ1v) is 8.96. The molecule has 2 aliphatic heterocycles. The summed E-state index contributed by atoms with van der Waals surface area (Å²) in [6.45, 7) is 4.29. The Morgan fingerprint density at radius 2 is 2.00 bits per heavy atom. The molecule has 134 valence electrons. The van der Waals surface area contributed by atoms with E-state index in [-0.39, 0.29) is 5.91 Å². The van der Waals surface area contributed by atoms with Crippen molar-refractivity contribution < 1.29 is 9.21 Å². The number of aromatic nitrogens is 3. The van der Waals surface area contributed by atoms with Gasteiger partial charge in [0.15, 0.2) is 11.3 Å². The van der Waals surface area contributed by atoms with Gasteiger partial charge in [0, 0.05) is 56.9 Å². The minimum Gasteiger partial charge on any atom is -0.423 e. The monoisotopic (exact) mass is 352 g/mol. The van der Waals surface area contributed by atoms with Gasteiger partial charge in [-0.2, -0.15) is 10.1 Å². The summed E-state index contributed by atoms with van der Waals surface area (Å²) in [7, 11) is 0. The molecule has 1 amide bonds. The molecule has 0 aliphatic carbocycles. The second-order valence-corrected chi connectivity index (χ2v) is 6.70. The number of piperazine rings is 1. The van der Waals surface area contributed by atoms with Crippen LogP contribution in [-0.2, 0) is 13.0 Å². The van der Waals surface area contributed by atoms with E-state index in [1.165, 1.54) is 0 Å². The van der Waals surface area contributed by atoms with Crippen molar-refractivity contribution in [1.82, 2.24) is 25.4 Å². The molecule has 5 rings (SSSR count). The molecule has 26 heavy (non-hydrogen) atoms. The Balaban J connectivity index is 1.29. The normalized spacial score (nSPS) is 17.5. The molecular weight excluding hydrogens is 332 g/mol. The molecule has 0 bridgehead atoms. The van der Waals surface area contributed by atoms with E-state index < -0.39 is 0 Å². The van der Waals surface area contributed by atoms with Crippen LogP contribution in [0.5, 0.6) is 0 Å². The molecule has 2 aliphatic rings. The first-order valence-electron chi connectivity index (χ1n) is 8.96.